The predicted octanol–water partition coefficient (Wildman–Crippen LogP) is 2.95. The third-order valence-electron chi connectivity index (χ3n) is 4.13. The molecule has 1 aliphatic heterocycles. The molecule has 1 saturated heterocycles. The van der Waals surface area contributed by atoms with Crippen molar-refractivity contribution < 1.29 is 4.74 Å². The van der Waals surface area contributed by atoms with E-state index in [0.717, 1.165) is 32.4 Å². The third kappa shape index (κ3) is 3.57. The molecule has 0 saturated carbocycles. The molecule has 2 rings (SSSR count). The maximum absolute atomic E-state index is 6.39. The Bertz CT molecular complexity index is 385. The highest BCUT2D eigenvalue weighted by Crippen LogP contribution is 2.32. The molecule has 0 aromatic carbocycles. The molecule has 0 spiro atoms. The molecule has 1 fully saturated rings. The summed E-state index contributed by atoms with van der Waals surface area (Å²) >= 11 is 1.89. The summed E-state index contributed by atoms with van der Waals surface area (Å²) in [4.78, 5) is 5.34. The first-order valence-corrected chi connectivity index (χ1v) is 8.06. The highest BCUT2D eigenvalue weighted by molar-refractivity contribution is 7.12. The van der Waals surface area contributed by atoms with Gasteiger partial charge >= 0.3 is 0 Å². The summed E-state index contributed by atoms with van der Waals surface area (Å²) in [5.74, 6) is 0. The molecule has 19 heavy (non-hydrogen) atoms. The van der Waals surface area contributed by atoms with Crippen molar-refractivity contribution >= 4 is 11.3 Å². The van der Waals surface area contributed by atoms with Crippen molar-refractivity contribution in [3.8, 4) is 0 Å². The van der Waals surface area contributed by atoms with Crippen LogP contribution in [0.25, 0.3) is 0 Å². The van der Waals surface area contributed by atoms with Crippen LogP contribution in [0.5, 0.6) is 0 Å². The van der Waals surface area contributed by atoms with Crippen molar-refractivity contribution in [1.82, 2.24) is 4.90 Å². The quantitative estimate of drug-likeness (QED) is 0.902. The van der Waals surface area contributed by atoms with Crippen molar-refractivity contribution in [2.75, 3.05) is 20.2 Å². The van der Waals surface area contributed by atoms with Gasteiger partial charge in [-0.2, -0.15) is 0 Å². The number of nitrogens with zero attached hydrogens (tertiary/aromatic N) is 1. The molecule has 1 aromatic rings. The monoisotopic (exact) mass is 282 g/mol. The lowest BCUT2D eigenvalue weighted by atomic mass is 9.98. The summed E-state index contributed by atoms with van der Waals surface area (Å²) in [5, 5.41) is 0. The van der Waals surface area contributed by atoms with Crippen LogP contribution in [-0.2, 0) is 4.74 Å². The van der Waals surface area contributed by atoms with Crippen molar-refractivity contribution in [2.24, 2.45) is 5.73 Å². The number of hydrogen-bond donors (Lipinski definition) is 1. The summed E-state index contributed by atoms with van der Waals surface area (Å²) in [6.45, 7) is 6.53. The molecular formula is C15H26N2OS. The van der Waals surface area contributed by atoms with E-state index in [-0.39, 0.29) is 6.04 Å². The van der Waals surface area contributed by atoms with Crippen LogP contribution < -0.4 is 5.73 Å². The second-order valence-corrected chi connectivity index (χ2v) is 6.76. The van der Waals surface area contributed by atoms with E-state index in [2.05, 4.69) is 30.9 Å². The fraction of sp³-hybridized carbons (Fsp3) is 0.733. The molecule has 2 atom stereocenters. The van der Waals surface area contributed by atoms with E-state index in [4.69, 9.17) is 10.5 Å². The van der Waals surface area contributed by atoms with Gasteiger partial charge < -0.3 is 10.5 Å². The van der Waals surface area contributed by atoms with Crippen molar-refractivity contribution in [2.45, 2.75) is 51.3 Å². The van der Waals surface area contributed by atoms with Crippen LogP contribution in [0.15, 0.2) is 12.1 Å². The van der Waals surface area contributed by atoms with Gasteiger partial charge in [0.15, 0.2) is 0 Å². The number of aryl methyl sites for hydroxylation is 1. The normalized spacial score (nSPS) is 21.5. The lowest BCUT2D eigenvalue weighted by Crippen LogP contribution is -2.45. The van der Waals surface area contributed by atoms with E-state index in [1.165, 1.54) is 9.75 Å². The topological polar surface area (TPSA) is 38.5 Å². The molecule has 2 unspecified atom stereocenters. The summed E-state index contributed by atoms with van der Waals surface area (Å²) in [6, 6.07) is 5.05. The molecule has 2 N–H and O–H groups in total. The van der Waals surface area contributed by atoms with E-state index >= 15 is 0 Å². The number of thiophene rings is 1. The van der Waals surface area contributed by atoms with Crippen molar-refractivity contribution in [3.05, 3.63) is 21.9 Å². The summed E-state index contributed by atoms with van der Waals surface area (Å²) in [6.07, 6.45) is 3.69. The van der Waals surface area contributed by atoms with Gasteiger partial charge in [-0.1, -0.05) is 6.92 Å². The molecular weight excluding hydrogens is 256 g/mol. The minimum atomic E-state index is 0.220. The fourth-order valence-corrected chi connectivity index (χ4v) is 3.98. The number of ether oxygens (including phenoxy) is 1. The molecule has 1 aliphatic rings. The largest absolute Gasteiger partial charge is 0.381 e. The zero-order chi connectivity index (χ0) is 13.8. The minimum Gasteiger partial charge on any atom is -0.381 e. The van der Waals surface area contributed by atoms with Crippen LogP contribution in [0.4, 0.5) is 0 Å². The maximum atomic E-state index is 6.39. The van der Waals surface area contributed by atoms with Crippen LogP contribution >= 0.6 is 11.3 Å². The van der Waals surface area contributed by atoms with Crippen LogP contribution in [0.2, 0.25) is 0 Å². The van der Waals surface area contributed by atoms with Gasteiger partial charge in [0.1, 0.15) is 0 Å². The number of likely N-dealkylation sites (tertiary alicyclic amines) is 1. The van der Waals surface area contributed by atoms with E-state index < -0.39 is 0 Å². The number of hydrogen-bond acceptors (Lipinski definition) is 4. The van der Waals surface area contributed by atoms with Gasteiger partial charge in [-0.3, -0.25) is 4.90 Å². The van der Waals surface area contributed by atoms with E-state index in [0.29, 0.717) is 12.1 Å². The van der Waals surface area contributed by atoms with Crippen LogP contribution in [0.1, 0.15) is 42.0 Å². The van der Waals surface area contributed by atoms with Crippen LogP contribution in [0.3, 0.4) is 0 Å². The van der Waals surface area contributed by atoms with Gasteiger partial charge in [-0.25, -0.2) is 0 Å². The molecule has 0 radical (unpaired) electrons. The molecule has 0 amide bonds. The Morgan fingerprint density at radius 2 is 2.11 bits per heavy atom. The number of nitrogens with two attached hydrogens (primary N) is 1. The fourth-order valence-electron chi connectivity index (χ4n) is 2.89. The van der Waals surface area contributed by atoms with Crippen LogP contribution in [0, 0.1) is 6.92 Å². The summed E-state index contributed by atoms with van der Waals surface area (Å²) in [5.41, 5.74) is 6.39. The molecule has 2 heterocycles. The molecule has 4 heteroatoms. The van der Waals surface area contributed by atoms with Gasteiger partial charge in [0, 0.05) is 36.0 Å². The second kappa shape index (κ2) is 6.84. The Kier molecular flexibility index (Phi) is 5.39. The SMILES string of the molecule is CCC(N)C(c1ccc(C)s1)N1CCC(OC)CC1. The number of methoxy groups -OCH3 is 1. The number of piperidine rings is 1. The van der Waals surface area contributed by atoms with Crippen molar-refractivity contribution in [1.29, 1.82) is 0 Å². The van der Waals surface area contributed by atoms with Gasteiger partial charge in [0.25, 0.3) is 0 Å². The molecule has 0 bridgehead atoms. The third-order valence-corrected chi connectivity index (χ3v) is 5.20. The smallest absolute Gasteiger partial charge is 0.0595 e. The van der Waals surface area contributed by atoms with E-state index in [1.807, 2.05) is 18.4 Å². The Morgan fingerprint density at radius 3 is 2.58 bits per heavy atom. The lowest BCUT2D eigenvalue weighted by molar-refractivity contribution is 0.0229. The number of rotatable bonds is 5. The average molecular weight is 282 g/mol. The first kappa shape index (κ1) is 15.0. The Labute approximate surface area is 120 Å². The Balaban J connectivity index is 2.10. The Hall–Kier alpha value is -0.420. The zero-order valence-corrected chi connectivity index (χ0v) is 13.1. The Morgan fingerprint density at radius 1 is 1.42 bits per heavy atom. The lowest BCUT2D eigenvalue weighted by Gasteiger charge is -2.39. The minimum absolute atomic E-state index is 0.220. The summed E-state index contributed by atoms with van der Waals surface area (Å²) < 4.78 is 5.46. The van der Waals surface area contributed by atoms with Gasteiger partial charge in [0.05, 0.1) is 12.1 Å². The molecule has 1 aromatic heterocycles. The van der Waals surface area contributed by atoms with E-state index in [9.17, 15) is 0 Å². The predicted molar refractivity (Wildman–Crippen MR) is 81.7 cm³/mol. The van der Waals surface area contributed by atoms with Gasteiger partial charge in [-0.05, 0) is 38.3 Å². The molecule has 0 aliphatic carbocycles. The highest BCUT2D eigenvalue weighted by Gasteiger charge is 2.30. The maximum Gasteiger partial charge on any atom is 0.0595 e. The zero-order valence-electron chi connectivity index (χ0n) is 12.3. The van der Waals surface area contributed by atoms with E-state index in [1.54, 1.807) is 0 Å². The molecule has 108 valence electrons. The first-order chi connectivity index (χ1) is 9.15. The van der Waals surface area contributed by atoms with Gasteiger partial charge in [-0.15, -0.1) is 11.3 Å². The highest BCUT2D eigenvalue weighted by atomic mass is 32.1. The summed E-state index contributed by atoms with van der Waals surface area (Å²) in [7, 11) is 1.82. The standard InChI is InChI=1S/C15H26N2OS/c1-4-13(16)15(14-6-5-11(2)19-14)17-9-7-12(18-3)8-10-17/h5-6,12-13,15H,4,7-10,16H2,1-3H3. The second-order valence-electron chi connectivity index (χ2n) is 5.44. The van der Waals surface area contributed by atoms with Crippen LogP contribution in [-0.4, -0.2) is 37.2 Å². The first-order valence-electron chi connectivity index (χ1n) is 7.24. The van der Waals surface area contributed by atoms with Crippen molar-refractivity contribution in [3.63, 3.8) is 0 Å². The molecule has 3 nitrogen and oxygen atoms in total. The van der Waals surface area contributed by atoms with Gasteiger partial charge in [0.2, 0.25) is 0 Å². The average Bonchev–Trinajstić information content (AvgIpc) is 2.86.